The van der Waals surface area contributed by atoms with Crippen LogP contribution in [0.3, 0.4) is 0 Å². The molecule has 0 radical (unpaired) electrons. The maximum Gasteiger partial charge on any atom is 0.137 e. The van der Waals surface area contributed by atoms with Crippen molar-refractivity contribution >= 4 is 160 Å². The van der Waals surface area contributed by atoms with E-state index >= 15 is 0 Å². The smallest absolute Gasteiger partial charge is 0.137 e. The number of aromatic nitrogens is 3. The Bertz CT molecular complexity index is 8450. The van der Waals surface area contributed by atoms with Gasteiger partial charge in [-0.3, -0.25) is 0 Å². The summed E-state index contributed by atoms with van der Waals surface area (Å²) in [5.74, 6) is 0. The van der Waals surface area contributed by atoms with Gasteiger partial charge in [-0.15, -0.1) is 0 Å². The highest BCUT2D eigenvalue weighted by molar-refractivity contribution is 6.20. The minimum Gasteiger partial charge on any atom is -0.456 e. The van der Waals surface area contributed by atoms with E-state index in [0.29, 0.717) is 0 Å². The zero-order valence-electron chi connectivity index (χ0n) is 71.5. The average Bonchev–Trinajstić information content (AvgIpc) is 1.60. The second kappa shape index (κ2) is 33.7. The molecule has 0 fully saturated rings. The molecule has 0 saturated heterocycles. The standard InChI is InChI=1S/C44H30N2.C42H28N2O.C37H28N2/c1-4-16-31(17-5-1)39-29-44-40(38-26-14-15-27-41(38)45(44)33-19-6-2-7-20-33)30-43(39)46(34-21-8-3-9-22-34)42-28-32-18-10-11-23-35(32)36-24-12-13-25-37(36)42;1-4-15-29(16-5-1)34-27-39-35(32-21-10-12-23-36(32)43(39)30-17-6-2-7-18-30)28-38(34)44(31-19-8-3-9-20-31)37-24-14-26-41-42(37)33-22-11-13-25-40(33)45-41;1-27-21-23-31(24-22-27)38(29-15-7-3-8-16-29)36-26-34-32-19-11-12-20-35(32)39(30-17-9-4-10-18-30)37(34)25-33(36)28-13-5-2-6-14-28/h1-30H;1-28H;2-26H,1H3. The van der Waals surface area contributed by atoms with Crippen LogP contribution in [0.1, 0.15) is 5.56 Å². The number of hydrogen-bond donors (Lipinski definition) is 0. The fourth-order valence-electron chi connectivity index (χ4n) is 19.5. The number of benzene rings is 21. The van der Waals surface area contributed by atoms with E-state index in [-0.39, 0.29) is 0 Å². The molecule has 7 heteroatoms. The van der Waals surface area contributed by atoms with Crippen molar-refractivity contribution in [3.63, 3.8) is 0 Å². The lowest BCUT2D eigenvalue weighted by atomic mass is 9.96. The summed E-state index contributed by atoms with van der Waals surface area (Å²) in [7, 11) is 0. The summed E-state index contributed by atoms with van der Waals surface area (Å²) in [5.41, 5.74) is 30.7. The van der Waals surface area contributed by atoms with E-state index in [0.717, 1.165) is 101 Å². The largest absolute Gasteiger partial charge is 0.456 e. The molecule has 0 amide bonds. The number of fused-ring (bicyclic) bond motifs is 15. The van der Waals surface area contributed by atoms with Crippen LogP contribution < -0.4 is 14.7 Å². The summed E-state index contributed by atoms with van der Waals surface area (Å²) in [6.45, 7) is 2.14. The normalized spacial score (nSPS) is 11.4. The number of aryl methyl sites for hydroxylation is 1. The Balaban J connectivity index is 0.000000112. The summed E-state index contributed by atoms with van der Waals surface area (Å²) in [5, 5.41) is 14.5. The van der Waals surface area contributed by atoms with Gasteiger partial charge in [0.05, 0.1) is 66.9 Å². The van der Waals surface area contributed by atoms with Gasteiger partial charge in [0.25, 0.3) is 0 Å². The zero-order chi connectivity index (χ0) is 86.4. The van der Waals surface area contributed by atoms with Gasteiger partial charge in [-0.2, -0.15) is 0 Å². The maximum absolute atomic E-state index is 6.38. The van der Waals surface area contributed by atoms with Crippen molar-refractivity contribution in [2.75, 3.05) is 14.7 Å². The summed E-state index contributed by atoms with van der Waals surface area (Å²) in [6.07, 6.45) is 0. The molecule has 0 atom stereocenters. The van der Waals surface area contributed by atoms with Crippen LogP contribution in [0.2, 0.25) is 0 Å². The summed E-state index contributed by atoms with van der Waals surface area (Å²) < 4.78 is 13.6. The van der Waals surface area contributed by atoms with Crippen LogP contribution in [0.25, 0.3) is 159 Å². The highest BCUT2D eigenvalue weighted by Crippen LogP contribution is 2.53. The lowest BCUT2D eigenvalue weighted by molar-refractivity contribution is 0.669. The molecule has 7 nitrogen and oxygen atoms in total. The van der Waals surface area contributed by atoms with Crippen LogP contribution in [-0.4, -0.2) is 13.7 Å². The molecule has 614 valence electrons. The number of nitrogens with zero attached hydrogens (tertiary/aromatic N) is 6. The summed E-state index contributed by atoms with van der Waals surface area (Å²) in [6, 6.07) is 180. The number of rotatable bonds is 15. The van der Waals surface area contributed by atoms with Crippen molar-refractivity contribution < 1.29 is 4.42 Å². The highest BCUT2D eigenvalue weighted by atomic mass is 16.3. The first-order chi connectivity index (χ1) is 64.5. The predicted molar refractivity (Wildman–Crippen MR) is 550 cm³/mol. The van der Waals surface area contributed by atoms with E-state index in [9.17, 15) is 0 Å². The van der Waals surface area contributed by atoms with Crippen LogP contribution in [-0.2, 0) is 0 Å². The van der Waals surface area contributed by atoms with Crippen molar-refractivity contribution in [1.29, 1.82) is 0 Å². The molecular weight excluding hydrogens is 1580 g/mol. The molecule has 4 aromatic heterocycles. The maximum atomic E-state index is 6.38. The Morgan fingerprint density at radius 2 is 0.492 bits per heavy atom. The van der Waals surface area contributed by atoms with Gasteiger partial charge < -0.3 is 32.8 Å². The van der Waals surface area contributed by atoms with E-state index in [2.05, 4.69) is 527 Å². The topological polar surface area (TPSA) is 37.6 Å². The van der Waals surface area contributed by atoms with Crippen molar-refractivity contribution in [3.8, 4) is 50.4 Å². The molecule has 0 aliphatic heterocycles. The first-order valence-corrected chi connectivity index (χ1v) is 44.5. The first kappa shape index (κ1) is 77.5. The van der Waals surface area contributed by atoms with Crippen molar-refractivity contribution in [1.82, 2.24) is 13.7 Å². The van der Waals surface area contributed by atoms with Gasteiger partial charge in [-0.1, -0.05) is 345 Å². The number of hydrogen-bond acceptors (Lipinski definition) is 4. The Morgan fingerprint density at radius 3 is 0.915 bits per heavy atom. The lowest BCUT2D eigenvalue weighted by Gasteiger charge is -2.30. The van der Waals surface area contributed by atoms with Crippen LogP contribution in [0.4, 0.5) is 51.2 Å². The minimum atomic E-state index is 0.873. The van der Waals surface area contributed by atoms with Gasteiger partial charge in [-0.25, -0.2) is 0 Å². The Hall–Kier alpha value is -17.3. The Labute approximate surface area is 754 Å². The number of anilines is 9. The second-order valence-electron chi connectivity index (χ2n) is 33.1. The first-order valence-electron chi connectivity index (χ1n) is 44.5. The van der Waals surface area contributed by atoms with Gasteiger partial charge in [0.1, 0.15) is 11.2 Å². The molecule has 0 aliphatic carbocycles. The molecule has 0 aliphatic rings. The molecule has 0 unspecified atom stereocenters. The van der Waals surface area contributed by atoms with E-state index < -0.39 is 0 Å². The summed E-state index contributed by atoms with van der Waals surface area (Å²) >= 11 is 0. The molecule has 21 aromatic carbocycles. The van der Waals surface area contributed by atoms with Gasteiger partial charge in [0.15, 0.2) is 0 Å². The quantitative estimate of drug-likeness (QED) is 0.0959. The third-order valence-electron chi connectivity index (χ3n) is 25.3. The highest BCUT2D eigenvalue weighted by Gasteiger charge is 2.29. The lowest BCUT2D eigenvalue weighted by Crippen LogP contribution is -2.12. The predicted octanol–water partition coefficient (Wildman–Crippen LogP) is 34.3. The molecule has 0 spiro atoms. The van der Waals surface area contributed by atoms with Crippen LogP contribution >= 0.6 is 0 Å². The Morgan fingerprint density at radius 1 is 0.185 bits per heavy atom. The van der Waals surface area contributed by atoms with Crippen LogP contribution in [0, 0.1) is 6.92 Å². The van der Waals surface area contributed by atoms with E-state index in [1.165, 1.54) is 115 Å². The third kappa shape index (κ3) is 14.0. The number of para-hydroxylation sites is 10. The summed E-state index contributed by atoms with van der Waals surface area (Å²) in [4.78, 5) is 7.25. The molecular formula is C123H86N6O. The van der Waals surface area contributed by atoms with E-state index in [1.54, 1.807) is 0 Å². The Kier molecular flexibility index (Phi) is 20.1. The molecule has 0 saturated carbocycles. The van der Waals surface area contributed by atoms with E-state index in [4.69, 9.17) is 4.42 Å². The second-order valence-corrected chi connectivity index (χ2v) is 33.1. The van der Waals surface area contributed by atoms with Gasteiger partial charge in [0.2, 0.25) is 0 Å². The number of furan rings is 1. The molecule has 0 bridgehead atoms. The van der Waals surface area contributed by atoms with Gasteiger partial charge >= 0.3 is 0 Å². The fourth-order valence-corrected chi connectivity index (χ4v) is 19.5. The van der Waals surface area contributed by atoms with Crippen LogP contribution in [0.15, 0.2) is 508 Å². The van der Waals surface area contributed by atoms with Gasteiger partial charge in [0, 0.05) is 99.6 Å². The SMILES string of the molecule is Cc1ccc(N(c2ccccc2)c2cc3c4ccccc4n(-c4ccccc4)c3cc2-c2ccccc2)cc1.c1ccc(-c2cc3c(cc2N(c2ccccc2)c2cc4ccccc4c4ccccc24)c2ccccc2n3-c2ccccc2)cc1.c1ccc(-c2cc3c(cc2N(c2ccccc2)c2cccc4oc5ccccc5c24)c2ccccc2n3-c2ccccc2)cc1. The molecule has 4 heterocycles. The average molecular weight is 1660 g/mol. The molecule has 25 rings (SSSR count). The minimum absolute atomic E-state index is 0.873. The van der Waals surface area contributed by atoms with Crippen molar-refractivity contribution in [3.05, 3.63) is 509 Å². The molecule has 25 aromatic rings. The van der Waals surface area contributed by atoms with Crippen molar-refractivity contribution in [2.24, 2.45) is 0 Å². The third-order valence-corrected chi connectivity index (χ3v) is 25.3. The van der Waals surface area contributed by atoms with E-state index in [1.807, 2.05) is 12.1 Å². The van der Waals surface area contributed by atoms with Crippen molar-refractivity contribution in [2.45, 2.75) is 6.92 Å². The van der Waals surface area contributed by atoms with Crippen LogP contribution in [0.5, 0.6) is 0 Å². The molecule has 130 heavy (non-hydrogen) atoms. The fraction of sp³-hybridized carbons (Fsp3) is 0.00813. The molecule has 0 N–H and O–H groups in total. The monoisotopic (exact) mass is 1660 g/mol. The van der Waals surface area contributed by atoms with Gasteiger partial charge in [-0.05, 0) is 204 Å². The zero-order valence-corrected chi connectivity index (χ0v) is 71.5.